The van der Waals surface area contributed by atoms with Crippen LogP contribution in [-0.2, 0) is 12.8 Å². The fraction of sp³-hybridized carbons (Fsp3) is 0.111. The minimum Gasteiger partial charge on any atom is -0.457 e. The molecule has 1 heteroatoms. The highest BCUT2D eigenvalue weighted by Gasteiger charge is 2.06. The van der Waals surface area contributed by atoms with Crippen LogP contribution in [0.1, 0.15) is 11.1 Å². The van der Waals surface area contributed by atoms with Gasteiger partial charge < -0.3 is 4.74 Å². The summed E-state index contributed by atoms with van der Waals surface area (Å²) >= 11 is 0. The summed E-state index contributed by atoms with van der Waals surface area (Å²) in [6.07, 6.45) is 5.38. The number of para-hydroxylation sites is 2. The minimum atomic E-state index is 0.805. The summed E-state index contributed by atoms with van der Waals surface area (Å²) in [6.45, 7) is 7.56. The Labute approximate surface area is 114 Å². The number of hydrogen-bond acceptors (Lipinski definition) is 1. The molecule has 0 spiro atoms. The number of allylic oxidation sites excluding steroid dienone is 2. The number of hydrogen-bond donors (Lipinski definition) is 0. The molecular formula is C18H18O. The molecular weight excluding hydrogens is 232 g/mol. The third kappa shape index (κ3) is 3.35. The van der Waals surface area contributed by atoms with Crippen molar-refractivity contribution in [3.8, 4) is 11.5 Å². The van der Waals surface area contributed by atoms with Crippen LogP contribution in [0.25, 0.3) is 0 Å². The van der Waals surface area contributed by atoms with Crippen molar-refractivity contribution in [1.82, 2.24) is 0 Å². The summed E-state index contributed by atoms with van der Waals surface area (Å²) in [5.41, 5.74) is 2.29. The molecule has 96 valence electrons. The topological polar surface area (TPSA) is 9.23 Å². The van der Waals surface area contributed by atoms with Gasteiger partial charge in [0.25, 0.3) is 0 Å². The van der Waals surface area contributed by atoms with Gasteiger partial charge in [-0.1, -0.05) is 48.6 Å². The average molecular weight is 250 g/mol. The van der Waals surface area contributed by atoms with E-state index in [1.807, 2.05) is 48.6 Å². The maximum atomic E-state index is 6.05. The first-order valence-corrected chi connectivity index (χ1v) is 6.40. The molecule has 0 amide bonds. The van der Waals surface area contributed by atoms with Gasteiger partial charge in [0.2, 0.25) is 0 Å². The normalized spacial score (nSPS) is 9.89. The van der Waals surface area contributed by atoms with Gasteiger partial charge in [0.15, 0.2) is 0 Å². The van der Waals surface area contributed by atoms with Gasteiger partial charge >= 0.3 is 0 Å². The van der Waals surface area contributed by atoms with Crippen LogP contribution in [0, 0.1) is 0 Å². The predicted molar refractivity (Wildman–Crippen MR) is 80.8 cm³/mol. The maximum absolute atomic E-state index is 6.05. The van der Waals surface area contributed by atoms with Crippen LogP contribution in [0.4, 0.5) is 0 Å². The van der Waals surface area contributed by atoms with E-state index in [0.29, 0.717) is 0 Å². The second-order valence-electron chi connectivity index (χ2n) is 4.30. The van der Waals surface area contributed by atoms with Gasteiger partial charge in [0, 0.05) is 0 Å². The van der Waals surface area contributed by atoms with E-state index >= 15 is 0 Å². The second-order valence-corrected chi connectivity index (χ2v) is 4.30. The van der Waals surface area contributed by atoms with Crippen molar-refractivity contribution in [3.63, 3.8) is 0 Å². The molecule has 0 unspecified atom stereocenters. The van der Waals surface area contributed by atoms with E-state index in [1.54, 1.807) is 0 Å². The first-order chi connectivity index (χ1) is 9.35. The average Bonchev–Trinajstić information content (AvgIpc) is 2.44. The Morgan fingerprint density at radius 1 is 0.737 bits per heavy atom. The Morgan fingerprint density at radius 2 is 1.16 bits per heavy atom. The quantitative estimate of drug-likeness (QED) is 0.660. The lowest BCUT2D eigenvalue weighted by Crippen LogP contribution is -1.93. The van der Waals surface area contributed by atoms with Crippen molar-refractivity contribution in [2.75, 3.05) is 0 Å². The molecule has 19 heavy (non-hydrogen) atoms. The molecule has 0 saturated carbocycles. The van der Waals surface area contributed by atoms with Gasteiger partial charge in [-0.25, -0.2) is 0 Å². The highest BCUT2D eigenvalue weighted by Crippen LogP contribution is 2.28. The lowest BCUT2D eigenvalue weighted by molar-refractivity contribution is 0.473. The summed E-state index contributed by atoms with van der Waals surface area (Å²) in [5.74, 6) is 1.78. The summed E-state index contributed by atoms with van der Waals surface area (Å²) in [5, 5.41) is 0. The molecule has 0 aliphatic rings. The molecule has 2 aromatic carbocycles. The van der Waals surface area contributed by atoms with Crippen LogP contribution < -0.4 is 4.74 Å². The standard InChI is InChI=1S/C18H18O/c1-3-9-15-11-5-7-13-17(15)19-18-14-8-6-12-16(18)10-4-2/h3-8,11-14H,1-2,9-10H2. The van der Waals surface area contributed by atoms with Crippen molar-refractivity contribution in [3.05, 3.63) is 85.0 Å². The fourth-order valence-corrected chi connectivity index (χ4v) is 1.97. The Morgan fingerprint density at radius 3 is 1.58 bits per heavy atom. The van der Waals surface area contributed by atoms with Crippen LogP contribution in [0.5, 0.6) is 11.5 Å². The summed E-state index contributed by atoms with van der Waals surface area (Å²) in [7, 11) is 0. The molecule has 0 fully saturated rings. The Hall–Kier alpha value is -2.28. The molecule has 0 bridgehead atoms. The zero-order chi connectivity index (χ0) is 13.5. The molecule has 0 radical (unpaired) electrons. The molecule has 2 rings (SSSR count). The van der Waals surface area contributed by atoms with E-state index in [-0.39, 0.29) is 0 Å². The number of benzene rings is 2. The van der Waals surface area contributed by atoms with Gasteiger partial charge in [-0.2, -0.15) is 0 Å². The molecule has 1 nitrogen and oxygen atoms in total. The predicted octanol–water partition coefficient (Wildman–Crippen LogP) is 4.94. The third-order valence-corrected chi connectivity index (χ3v) is 2.89. The monoisotopic (exact) mass is 250 g/mol. The molecule has 2 aromatic rings. The summed E-state index contributed by atoms with van der Waals surface area (Å²) in [4.78, 5) is 0. The molecule has 0 aliphatic heterocycles. The largest absolute Gasteiger partial charge is 0.457 e. The van der Waals surface area contributed by atoms with Crippen LogP contribution in [0.3, 0.4) is 0 Å². The smallest absolute Gasteiger partial charge is 0.130 e. The van der Waals surface area contributed by atoms with E-state index in [2.05, 4.69) is 25.3 Å². The van der Waals surface area contributed by atoms with Crippen molar-refractivity contribution in [1.29, 1.82) is 0 Å². The molecule has 0 atom stereocenters. The van der Waals surface area contributed by atoms with Crippen molar-refractivity contribution < 1.29 is 4.74 Å². The Kier molecular flexibility index (Phi) is 4.57. The number of rotatable bonds is 6. The highest BCUT2D eigenvalue weighted by molar-refractivity contribution is 5.42. The Balaban J connectivity index is 2.30. The molecule has 0 aromatic heterocycles. The van der Waals surface area contributed by atoms with Crippen LogP contribution >= 0.6 is 0 Å². The lowest BCUT2D eigenvalue weighted by Gasteiger charge is -2.12. The molecule has 0 saturated heterocycles. The van der Waals surface area contributed by atoms with Gasteiger partial charge in [-0.15, -0.1) is 13.2 Å². The van der Waals surface area contributed by atoms with E-state index in [9.17, 15) is 0 Å². The van der Waals surface area contributed by atoms with E-state index in [4.69, 9.17) is 4.74 Å². The zero-order valence-electron chi connectivity index (χ0n) is 11.0. The molecule has 0 N–H and O–H groups in total. The second kappa shape index (κ2) is 6.60. The van der Waals surface area contributed by atoms with Crippen molar-refractivity contribution in [2.45, 2.75) is 12.8 Å². The van der Waals surface area contributed by atoms with Gasteiger partial charge in [-0.3, -0.25) is 0 Å². The first kappa shape index (κ1) is 13.2. The van der Waals surface area contributed by atoms with Gasteiger partial charge in [0.1, 0.15) is 11.5 Å². The lowest BCUT2D eigenvalue weighted by atomic mass is 10.1. The zero-order valence-corrected chi connectivity index (χ0v) is 11.0. The van der Waals surface area contributed by atoms with Crippen LogP contribution in [0.15, 0.2) is 73.8 Å². The first-order valence-electron chi connectivity index (χ1n) is 6.40. The van der Waals surface area contributed by atoms with Crippen LogP contribution in [-0.4, -0.2) is 0 Å². The molecule has 0 heterocycles. The fourth-order valence-electron chi connectivity index (χ4n) is 1.97. The van der Waals surface area contributed by atoms with Gasteiger partial charge in [-0.05, 0) is 36.1 Å². The van der Waals surface area contributed by atoms with E-state index < -0.39 is 0 Å². The minimum absolute atomic E-state index is 0.805. The SMILES string of the molecule is C=CCc1ccccc1Oc1ccccc1CC=C. The summed E-state index contributed by atoms with van der Waals surface area (Å²) in [6, 6.07) is 16.1. The van der Waals surface area contributed by atoms with Crippen LogP contribution in [0.2, 0.25) is 0 Å². The van der Waals surface area contributed by atoms with Gasteiger partial charge in [0.05, 0.1) is 0 Å². The highest BCUT2D eigenvalue weighted by atomic mass is 16.5. The number of ether oxygens (including phenoxy) is 1. The van der Waals surface area contributed by atoms with Crippen molar-refractivity contribution in [2.24, 2.45) is 0 Å². The molecule has 0 aliphatic carbocycles. The van der Waals surface area contributed by atoms with E-state index in [0.717, 1.165) is 35.5 Å². The van der Waals surface area contributed by atoms with E-state index in [1.165, 1.54) is 0 Å². The van der Waals surface area contributed by atoms with Crippen molar-refractivity contribution >= 4 is 0 Å². The Bertz CT molecular complexity index is 518. The maximum Gasteiger partial charge on any atom is 0.130 e. The summed E-state index contributed by atoms with van der Waals surface area (Å²) < 4.78 is 6.05. The third-order valence-electron chi connectivity index (χ3n) is 2.89.